The molecule has 0 aromatic carbocycles. The summed E-state index contributed by atoms with van der Waals surface area (Å²) < 4.78 is 9.64. The van der Waals surface area contributed by atoms with Gasteiger partial charge in [-0.2, -0.15) is 10.2 Å². The average Bonchev–Trinajstić information content (AvgIpc) is 4.19. The molecule has 18 nitrogen and oxygen atoms in total. The topological polar surface area (TPSA) is 221 Å². The fraction of sp³-hybridized carbons (Fsp3) is 0.291. The average molecular weight is 983 g/mol. The lowest BCUT2D eigenvalue weighted by Crippen LogP contribution is -2.46. The van der Waals surface area contributed by atoms with Gasteiger partial charge < -0.3 is 21.1 Å². The molecule has 8 aromatic rings. The van der Waals surface area contributed by atoms with E-state index in [9.17, 15) is 4.79 Å². The number of nitrogens with two attached hydrogens (primary N) is 2. The van der Waals surface area contributed by atoms with Crippen LogP contribution in [-0.2, 0) is 11.3 Å². The monoisotopic (exact) mass is 983 g/mol. The number of hydrogen-bond donors (Lipinski definition) is 2. The summed E-state index contributed by atoms with van der Waals surface area (Å²) in [5.74, 6) is 1.16. The van der Waals surface area contributed by atoms with Crippen LogP contribution >= 0.6 is 0 Å². The van der Waals surface area contributed by atoms with E-state index in [0.29, 0.717) is 60.6 Å². The van der Waals surface area contributed by atoms with Crippen molar-refractivity contribution in [1.29, 1.82) is 0 Å². The van der Waals surface area contributed by atoms with E-state index in [-0.39, 0.29) is 0 Å². The van der Waals surface area contributed by atoms with E-state index in [0.717, 1.165) is 71.5 Å². The maximum atomic E-state index is 11.0. The molecule has 73 heavy (non-hydrogen) atoms. The Morgan fingerprint density at radius 1 is 0.685 bits per heavy atom. The molecule has 18 heteroatoms. The number of aldehydes is 1. The number of hydrogen-bond acceptors (Lipinski definition) is 16. The van der Waals surface area contributed by atoms with Crippen molar-refractivity contribution in [1.82, 2.24) is 58.9 Å². The normalized spacial score (nSPS) is 15.8. The van der Waals surface area contributed by atoms with Gasteiger partial charge in [-0.15, -0.1) is 0 Å². The third kappa shape index (κ3) is 14.9. The lowest BCUT2D eigenvalue weighted by atomic mass is 10.1. The first-order valence-electron chi connectivity index (χ1n) is 24.7. The number of fused-ring (bicyclic) bond motifs is 2. The van der Waals surface area contributed by atoms with Crippen molar-refractivity contribution in [2.75, 3.05) is 40.0 Å². The molecule has 0 spiro atoms. The minimum absolute atomic E-state index is 0.326. The van der Waals surface area contributed by atoms with Gasteiger partial charge in [0, 0.05) is 92.4 Å². The van der Waals surface area contributed by atoms with Gasteiger partial charge in [0.05, 0.1) is 65.7 Å². The van der Waals surface area contributed by atoms with Crippen LogP contribution in [-0.4, -0.2) is 130 Å². The first kappa shape index (κ1) is 54.1. The van der Waals surface area contributed by atoms with Crippen LogP contribution in [0.5, 0.6) is 0 Å². The molecule has 2 aliphatic heterocycles. The van der Waals surface area contributed by atoms with E-state index in [2.05, 4.69) is 61.8 Å². The van der Waals surface area contributed by atoms with E-state index in [1.54, 1.807) is 72.5 Å². The molecule has 2 saturated heterocycles. The number of aromatic nitrogens is 10. The van der Waals surface area contributed by atoms with E-state index in [1.165, 1.54) is 13.0 Å². The predicted molar refractivity (Wildman–Crippen MR) is 290 cm³/mol. The van der Waals surface area contributed by atoms with Gasteiger partial charge >= 0.3 is 0 Å². The Morgan fingerprint density at radius 3 is 1.86 bits per heavy atom. The predicted octanol–water partition coefficient (Wildman–Crippen LogP) is 8.01. The van der Waals surface area contributed by atoms with Gasteiger partial charge in [-0.1, -0.05) is 52.0 Å². The third-order valence-electron chi connectivity index (χ3n) is 11.6. The van der Waals surface area contributed by atoms with Crippen LogP contribution in [0.4, 0.5) is 0 Å². The van der Waals surface area contributed by atoms with Crippen LogP contribution in [0, 0.1) is 0 Å². The van der Waals surface area contributed by atoms with Crippen molar-refractivity contribution in [3.05, 3.63) is 170 Å². The van der Waals surface area contributed by atoms with Crippen molar-refractivity contribution in [2.45, 2.75) is 65.6 Å². The van der Waals surface area contributed by atoms with E-state index < -0.39 is 0 Å². The van der Waals surface area contributed by atoms with Gasteiger partial charge in [0.2, 0.25) is 0 Å². The molecule has 0 amide bonds. The number of carbonyl (C=O) groups is 1. The molecule has 0 bridgehead atoms. The molecule has 10 heterocycles. The molecule has 8 aromatic heterocycles. The third-order valence-corrected chi connectivity index (χ3v) is 11.6. The second-order valence-corrected chi connectivity index (χ2v) is 16.1. The second kappa shape index (κ2) is 29.2. The zero-order chi connectivity index (χ0) is 51.6. The SMILES string of the molecule is CC.CC.CN1CC[C@H]1CN=C/C=C(\N)c1ccccn1.N/C=C(\C=NCC1CCCN1COCc1nn2ccccc2c1-c1ncccn1)c1ccccn1.O=Cc1nn2ccccc2c1-c1ncccn1. The molecule has 10 rings (SSSR count). The van der Waals surface area contributed by atoms with Gasteiger partial charge in [0.1, 0.15) is 11.4 Å². The summed E-state index contributed by atoms with van der Waals surface area (Å²) >= 11 is 0. The molecule has 0 aliphatic carbocycles. The lowest BCUT2D eigenvalue weighted by Gasteiger charge is -2.36. The number of pyridine rings is 4. The van der Waals surface area contributed by atoms with Crippen LogP contribution in [0.15, 0.2) is 157 Å². The number of likely N-dealkylation sites (N-methyl/N-ethyl adjacent to an activating group) is 1. The zero-order valence-corrected chi connectivity index (χ0v) is 42.3. The number of ether oxygens (including phenoxy) is 1. The molecule has 4 N–H and O–H groups in total. The molecule has 0 radical (unpaired) electrons. The molecule has 2 atom stereocenters. The van der Waals surface area contributed by atoms with Crippen molar-refractivity contribution in [3.63, 3.8) is 0 Å². The van der Waals surface area contributed by atoms with Crippen LogP contribution in [0.2, 0.25) is 0 Å². The summed E-state index contributed by atoms with van der Waals surface area (Å²) in [6.07, 6.45) is 25.1. The number of rotatable bonds is 15. The van der Waals surface area contributed by atoms with Crippen molar-refractivity contribution in [3.8, 4) is 22.8 Å². The molecule has 1 unspecified atom stereocenters. The van der Waals surface area contributed by atoms with Gasteiger partial charge in [0.25, 0.3) is 0 Å². The quantitative estimate of drug-likeness (QED) is 0.0734. The Kier molecular flexibility index (Phi) is 21.7. The molecule has 378 valence electrons. The fourth-order valence-electron chi connectivity index (χ4n) is 7.84. The molecule has 2 aliphatic rings. The summed E-state index contributed by atoms with van der Waals surface area (Å²) in [6, 6.07) is 27.5. The highest BCUT2D eigenvalue weighted by atomic mass is 16.5. The maximum Gasteiger partial charge on any atom is 0.171 e. The largest absolute Gasteiger partial charge is 0.404 e. The van der Waals surface area contributed by atoms with Crippen LogP contribution < -0.4 is 11.5 Å². The second-order valence-electron chi connectivity index (χ2n) is 16.1. The molecule has 0 saturated carbocycles. The fourth-order valence-corrected chi connectivity index (χ4v) is 7.84. The first-order valence-corrected chi connectivity index (χ1v) is 24.7. The van der Waals surface area contributed by atoms with Crippen molar-refractivity contribution < 1.29 is 9.53 Å². The smallest absolute Gasteiger partial charge is 0.171 e. The molecular weight excluding hydrogens is 917 g/mol. The summed E-state index contributed by atoms with van der Waals surface area (Å²) in [5.41, 5.74) is 19.3. The number of allylic oxidation sites excluding steroid dienone is 2. The maximum absolute atomic E-state index is 11.0. The number of nitrogens with zero attached hydrogens (tertiary/aromatic N) is 14. The minimum atomic E-state index is 0.326. The standard InChI is InChI=1S/C26H28N8O.C13H18N4.C12H8N4O.2C2H6/c27-15-20(22-8-1-3-10-29-22)16-28-17-21-7-5-13-33(21)19-35-18-23-25(26-30-11-6-12-31-26)24-9-2-4-14-34(24)32-23;1-17-9-6-11(17)10-15-8-5-12(14)13-4-2-3-7-16-13;17-8-9-11(12-13-5-3-6-14-12)10-4-1-2-7-16(10)15-9;2*1-2/h1-4,6,8-12,14-16,21H,5,7,13,17-19,27H2;2-5,7-8,11H,6,9-10,14H2,1H3;1-8H;2*1-2H3/b20-15+,28-16?;12-5-,15-8?;;;/t;11-;;;/m.0.../s1. The summed E-state index contributed by atoms with van der Waals surface area (Å²) in [5, 5.41) is 8.90. The Hall–Kier alpha value is -8.19. The van der Waals surface area contributed by atoms with Gasteiger partial charge in [-0.05, 0) is 99.6 Å². The lowest BCUT2D eigenvalue weighted by molar-refractivity contribution is 0.0126. The van der Waals surface area contributed by atoms with Crippen molar-refractivity contribution in [2.24, 2.45) is 21.5 Å². The van der Waals surface area contributed by atoms with Crippen LogP contribution in [0.25, 0.3) is 45.1 Å². The number of aliphatic imine (C=N–C) groups is 2. The van der Waals surface area contributed by atoms with E-state index in [4.69, 9.17) is 21.3 Å². The van der Waals surface area contributed by atoms with Gasteiger partial charge in [0.15, 0.2) is 17.9 Å². The number of likely N-dealkylation sites (tertiary alicyclic amines) is 2. The van der Waals surface area contributed by atoms with Crippen LogP contribution in [0.3, 0.4) is 0 Å². The first-order chi connectivity index (χ1) is 36.0. The highest BCUT2D eigenvalue weighted by Gasteiger charge is 2.25. The summed E-state index contributed by atoms with van der Waals surface area (Å²) in [7, 11) is 2.13. The highest BCUT2D eigenvalue weighted by molar-refractivity contribution is 6.08. The Balaban J connectivity index is 0.000000191. The van der Waals surface area contributed by atoms with Gasteiger partial charge in [-0.3, -0.25) is 29.6 Å². The van der Waals surface area contributed by atoms with Crippen molar-refractivity contribution >= 4 is 41.0 Å². The Bertz CT molecular complexity index is 3000. The molecular formula is C55H66N16O2. The minimum Gasteiger partial charge on any atom is -0.404 e. The Morgan fingerprint density at radius 2 is 1.27 bits per heavy atom. The number of carbonyl (C=O) groups excluding carboxylic acids is 1. The highest BCUT2D eigenvalue weighted by Crippen LogP contribution is 2.27. The Labute approximate surface area is 427 Å². The van der Waals surface area contributed by atoms with Gasteiger partial charge in [-0.25, -0.2) is 29.0 Å². The van der Waals surface area contributed by atoms with Crippen LogP contribution in [0.1, 0.15) is 74.5 Å². The van der Waals surface area contributed by atoms with E-state index >= 15 is 0 Å². The summed E-state index contributed by atoms with van der Waals surface area (Å²) in [4.78, 5) is 50.4. The molecule has 2 fully saturated rings. The zero-order valence-electron chi connectivity index (χ0n) is 42.3. The summed E-state index contributed by atoms with van der Waals surface area (Å²) in [6.45, 7) is 12.6. The van der Waals surface area contributed by atoms with E-state index in [1.807, 2.05) is 123 Å².